The van der Waals surface area contributed by atoms with Gasteiger partial charge < -0.3 is 9.57 Å². The molecule has 0 unspecified atom stereocenters. The third kappa shape index (κ3) is 6.40. The average Bonchev–Trinajstić information content (AvgIpc) is 3.31. The van der Waals surface area contributed by atoms with E-state index in [1.165, 1.54) is 22.3 Å². The van der Waals surface area contributed by atoms with Gasteiger partial charge in [0.2, 0.25) is 0 Å². The maximum Gasteiger partial charge on any atom is 0.186 e. The van der Waals surface area contributed by atoms with E-state index >= 15 is 0 Å². The number of aromatic nitrogens is 4. The topological polar surface area (TPSA) is 85.3 Å². The third-order valence-electron chi connectivity index (χ3n) is 5.70. The minimum absolute atomic E-state index is 0.286. The number of nitrogens with one attached hydrogen (secondary N) is 1. The minimum Gasteiger partial charge on any atom is -0.486 e. The highest BCUT2D eigenvalue weighted by molar-refractivity contribution is 5.98. The predicted octanol–water partition coefficient (Wildman–Crippen LogP) is 6.09. The fourth-order valence-electron chi connectivity index (χ4n) is 3.70. The number of hydrogen-bond donors (Lipinski definition) is 1. The van der Waals surface area contributed by atoms with Crippen LogP contribution in [0.2, 0.25) is 0 Å². The predicted molar refractivity (Wildman–Crippen MR) is 131 cm³/mol. The van der Waals surface area contributed by atoms with E-state index in [9.17, 15) is 0 Å². The standard InChI is InChI=1S/C26H35N5O2/c1-16(2)21-12-23(17(3)4)25(24(13-21)18(5)6)14-33-29-19(7)20-8-10-22(11-9-20)32-15-26-27-30-31-28-26/h8-13,16-18H,14-15H2,1-7H3,(H,27,28,30,31). The lowest BCUT2D eigenvalue weighted by Gasteiger charge is -2.22. The van der Waals surface area contributed by atoms with Crippen LogP contribution < -0.4 is 4.74 Å². The SMILES string of the molecule is CC(=NOCc1c(C(C)C)cc(C(C)C)cc1C(C)C)c1ccc(OCc2nnn[nH]2)cc1. The Bertz CT molecular complexity index is 1030. The van der Waals surface area contributed by atoms with Crippen LogP contribution in [0.15, 0.2) is 41.6 Å². The van der Waals surface area contributed by atoms with Crippen LogP contribution >= 0.6 is 0 Å². The highest BCUT2D eigenvalue weighted by atomic mass is 16.6. The molecule has 0 atom stereocenters. The Kier molecular flexibility index (Phi) is 8.20. The molecule has 3 aromatic rings. The van der Waals surface area contributed by atoms with E-state index in [2.05, 4.69) is 79.5 Å². The quantitative estimate of drug-likeness (QED) is 0.299. The second-order valence-electron chi connectivity index (χ2n) is 9.25. The molecule has 1 N–H and O–H groups in total. The van der Waals surface area contributed by atoms with Crippen LogP contribution in [0.25, 0.3) is 0 Å². The Morgan fingerprint density at radius 3 is 2.06 bits per heavy atom. The summed E-state index contributed by atoms with van der Waals surface area (Å²) in [6.07, 6.45) is 0. The van der Waals surface area contributed by atoms with Crippen LogP contribution in [0.4, 0.5) is 0 Å². The van der Waals surface area contributed by atoms with Crippen molar-refractivity contribution in [1.82, 2.24) is 20.6 Å². The van der Waals surface area contributed by atoms with Crippen LogP contribution in [0.1, 0.15) is 99.9 Å². The van der Waals surface area contributed by atoms with E-state index in [1.807, 2.05) is 31.2 Å². The van der Waals surface area contributed by atoms with Gasteiger partial charge in [-0.1, -0.05) is 58.8 Å². The van der Waals surface area contributed by atoms with E-state index < -0.39 is 0 Å². The lowest BCUT2D eigenvalue weighted by Crippen LogP contribution is -2.08. The molecule has 3 rings (SSSR count). The number of oxime groups is 1. The first-order valence-electron chi connectivity index (χ1n) is 11.5. The van der Waals surface area contributed by atoms with Crippen LogP contribution in [0, 0.1) is 0 Å². The van der Waals surface area contributed by atoms with Gasteiger partial charge in [0.15, 0.2) is 5.82 Å². The van der Waals surface area contributed by atoms with Crippen molar-refractivity contribution in [3.05, 3.63) is 70.0 Å². The van der Waals surface area contributed by atoms with Crippen molar-refractivity contribution in [2.45, 2.75) is 79.4 Å². The smallest absolute Gasteiger partial charge is 0.186 e. The molecule has 0 saturated heterocycles. The largest absolute Gasteiger partial charge is 0.486 e. The van der Waals surface area contributed by atoms with E-state index in [0.29, 0.717) is 30.2 Å². The summed E-state index contributed by atoms with van der Waals surface area (Å²) in [7, 11) is 0. The Morgan fingerprint density at radius 2 is 1.55 bits per heavy atom. The lowest BCUT2D eigenvalue weighted by molar-refractivity contribution is 0.129. The summed E-state index contributed by atoms with van der Waals surface area (Å²) < 4.78 is 5.68. The van der Waals surface area contributed by atoms with Crippen LogP contribution in [-0.4, -0.2) is 26.3 Å². The maximum atomic E-state index is 5.88. The molecule has 1 aromatic heterocycles. The first-order chi connectivity index (χ1) is 15.8. The van der Waals surface area contributed by atoms with E-state index in [4.69, 9.17) is 9.57 Å². The molecular weight excluding hydrogens is 414 g/mol. The number of tetrazole rings is 1. The van der Waals surface area contributed by atoms with Crippen molar-refractivity contribution in [2.24, 2.45) is 5.16 Å². The van der Waals surface area contributed by atoms with Crippen molar-refractivity contribution in [3.63, 3.8) is 0 Å². The van der Waals surface area contributed by atoms with Crippen LogP contribution in [0.3, 0.4) is 0 Å². The van der Waals surface area contributed by atoms with Crippen LogP contribution in [-0.2, 0) is 18.1 Å². The number of ether oxygens (including phenoxy) is 1. The maximum absolute atomic E-state index is 5.88. The number of hydrogen-bond acceptors (Lipinski definition) is 6. The summed E-state index contributed by atoms with van der Waals surface area (Å²) in [5.41, 5.74) is 7.13. The van der Waals surface area contributed by atoms with Gasteiger partial charge in [-0.05, 0) is 87.2 Å². The molecular formula is C26H35N5O2. The molecule has 1 heterocycles. The molecule has 0 radical (unpaired) electrons. The van der Waals surface area contributed by atoms with Gasteiger partial charge in [0.1, 0.15) is 19.0 Å². The molecule has 176 valence electrons. The monoisotopic (exact) mass is 449 g/mol. The molecule has 0 aliphatic carbocycles. The first kappa shape index (κ1) is 24.4. The molecule has 7 nitrogen and oxygen atoms in total. The molecule has 0 fully saturated rings. The highest BCUT2D eigenvalue weighted by Gasteiger charge is 2.17. The van der Waals surface area contributed by atoms with Crippen molar-refractivity contribution in [1.29, 1.82) is 0 Å². The van der Waals surface area contributed by atoms with Crippen molar-refractivity contribution in [2.75, 3.05) is 0 Å². The van der Waals surface area contributed by atoms with E-state index in [0.717, 1.165) is 17.0 Å². The van der Waals surface area contributed by atoms with Gasteiger partial charge in [-0.3, -0.25) is 0 Å². The number of nitrogens with zero attached hydrogens (tertiary/aromatic N) is 4. The van der Waals surface area contributed by atoms with Gasteiger partial charge in [0.05, 0.1) is 5.71 Å². The summed E-state index contributed by atoms with van der Waals surface area (Å²) in [6.45, 7) is 16.1. The zero-order chi connectivity index (χ0) is 24.0. The van der Waals surface area contributed by atoms with Gasteiger partial charge >= 0.3 is 0 Å². The molecule has 0 aliphatic rings. The molecule has 0 bridgehead atoms. The average molecular weight is 450 g/mol. The fraction of sp³-hybridized carbons (Fsp3) is 0.462. The summed E-state index contributed by atoms with van der Waals surface area (Å²) in [5.74, 6) is 2.65. The second-order valence-corrected chi connectivity index (χ2v) is 9.25. The summed E-state index contributed by atoms with van der Waals surface area (Å²) in [6, 6.07) is 12.4. The van der Waals surface area contributed by atoms with Crippen LogP contribution in [0.5, 0.6) is 5.75 Å². The first-order valence-corrected chi connectivity index (χ1v) is 11.5. The van der Waals surface area contributed by atoms with Crippen molar-refractivity contribution < 1.29 is 9.57 Å². The molecule has 0 saturated carbocycles. The third-order valence-corrected chi connectivity index (χ3v) is 5.70. The Balaban J connectivity index is 1.71. The normalized spacial score (nSPS) is 12.1. The van der Waals surface area contributed by atoms with Crippen molar-refractivity contribution in [3.8, 4) is 5.75 Å². The second kappa shape index (κ2) is 11.1. The zero-order valence-corrected chi connectivity index (χ0v) is 20.7. The minimum atomic E-state index is 0.286. The number of H-pyrrole nitrogens is 1. The van der Waals surface area contributed by atoms with Gasteiger partial charge in [-0.2, -0.15) is 0 Å². The Morgan fingerprint density at radius 1 is 0.909 bits per heavy atom. The van der Waals surface area contributed by atoms with Gasteiger partial charge in [0.25, 0.3) is 0 Å². The molecule has 33 heavy (non-hydrogen) atoms. The number of rotatable bonds is 10. The zero-order valence-electron chi connectivity index (χ0n) is 20.7. The van der Waals surface area contributed by atoms with Gasteiger partial charge in [0, 0.05) is 0 Å². The fourth-order valence-corrected chi connectivity index (χ4v) is 3.70. The number of benzene rings is 2. The van der Waals surface area contributed by atoms with Crippen molar-refractivity contribution >= 4 is 5.71 Å². The van der Waals surface area contributed by atoms with E-state index in [-0.39, 0.29) is 6.61 Å². The van der Waals surface area contributed by atoms with Gasteiger partial charge in [-0.25, -0.2) is 5.10 Å². The van der Waals surface area contributed by atoms with Gasteiger partial charge in [-0.15, -0.1) is 5.10 Å². The summed E-state index contributed by atoms with van der Waals surface area (Å²) in [4.78, 5) is 5.88. The highest BCUT2D eigenvalue weighted by Crippen LogP contribution is 2.32. The summed E-state index contributed by atoms with van der Waals surface area (Å²) >= 11 is 0. The summed E-state index contributed by atoms with van der Waals surface area (Å²) in [5, 5.41) is 18.0. The Labute approximate surface area is 196 Å². The Hall–Kier alpha value is -3.22. The molecule has 2 aromatic carbocycles. The lowest BCUT2D eigenvalue weighted by atomic mass is 9.85. The molecule has 7 heteroatoms. The van der Waals surface area contributed by atoms with E-state index in [1.54, 1.807) is 0 Å². The number of aromatic amines is 1. The molecule has 0 aliphatic heterocycles. The molecule has 0 amide bonds. The molecule has 0 spiro atoms.